The van der Waals surface area contributed by atoms with Crippen LogP contribution in [0.25, 0.3) is 0 Å². The maximum atomic E-state index is 12.4. The van der Waals surface area contributed by atoms with E-state index < -0.39 is 0 Å². The number of carbonyl (C=O) groups excluding carboxylic acids is 1. The van der Waals surface area contributed by atoms with Crippen LogP contribution in [0.5, 0.6) is 11.5 Å². The van der Waals surface area contributed by atoms with Gasteiger partial charge >= 0.3 is 0 Å². The summed E-state index contributed by atoms with van der Waals surface area (Å²) in [6.07, 6.45) is 0. The van der Waals surface area contributed by atoms with Crippen LogP contribution in [0.1, 0.15) is 21.5 Å². The second-order valence-electron chi connectivity index (χ2n) is 6.11. The summed E-state index contributed by atoms with van der Waals surface area (Å²) in [5, 5.41) is 14.1. The van der Waals surface area contributed by atoms with Crippen LogP contribution in [-0.4, -0.2) is 22.9 Å². The quantitative estimate of drug-likeness (QED) is 0.724. The predicted molar refractivity (Wildman–Crippen MR) is 101 cm³/mol. The van der Waals surface area contributed by atoms with Gasteiger partial charge in [-0.2, -0.15) is 0 Å². The van der Waals surface area contributed by atoms with Crippen molar-refractivity contribution in [2.75, 3.05) is 17.4 Å². The predicted octanol–water partition coefficient (Wildman–Crippen LogP) is 3.38. The molecule has 0 unspecified atom stereocenters. The highest BCUT2D eigenvalue weighted by molar-refractivity contribution is 6.04. The van der Waals surface area contributed by atoms with Crippen molar-refractivity contribution in [3.8, 4) is 11.5 Å². The molecule has 1 aromatic heterocycles. The zero-order valence-corrected chi connectivity index (χ0v) is 14.7. The lowest BCUT2D eigenvalue weighted by atomic mass is 10.1. The minimum Gasteiger partial charge on any atom is -0.454 e. The van der Waals surface area contributed by atoms with E-state index in [0.717, 1.165) is 0 Å². The lowest BCUT2D eigenvalue weighted by Crippen LogP contribution is -2.13. The monoisotopic (exact) mass is 362 g/mol. The van der Waals surface area contributed by atoms with Crippen LogP contribution in [0.3, 0.4) is 0 Å². The Morgan fingerprint density at radius 3 is 2.59 bits per heavy atom. The lowest BCUT2D eigenvalue weighted by Gasteiger charge is -2.09. The van der Waals surface area contributed by atoms with Gasteiger partial charge in [0.1, 0.15) is 5.82 Å². The molecule has 0 saturated carbocycles. The molecule has 1 amide bonds. The standard InChI is InChI=1S/C20H18N4O3/c1-13-4-2-3-5-15(13)11-21-18-8-9-19(24-23-18)22-20(25)14-6-7-16-17(10-14)27-12-26-16/h2-10H,11-12H2,1H3,(H,21,23)(H,22,24,25). The van der Waals surface area contributed by atoms with Crippen molar-refractivity contribution >= 4 is 17.5 Å². The Balaban J connectivity index is 1.37. The van der Waals surface area contributed by atoms with E-state index in [9.17, 15) is 4.79 Å². The highest BCUT2D eigenvalue weighted by Gasteiger charge is 2.16. The van der Waals surface area contributed by atoms with E-state index in [4.69, 9.17) is 9.47 Å². The normalized spacial score (nSPS) is 11.9. The highest BCUT2D eigenvalue weighted by Crippen LogP contribution is 2.32. The molecule has 1 aliphatic rings. The van der Waals surface area contributed by atoms with Gasteiger partial charge in [0.25, 0.3) is 5.91 Å². The van der Waals surface area contributed by atoms with Crippen LogP contribution in [0.4, 0.5) is 11.6 Å². The third kappa shape index (κ3) is 3.82. The van der Waals surface area contributed by atoms with Crippen molar-refractivity contribution in [1.82, 2.24) is 10.2 Å². The van der Waals surface area contributed by atoms with E-state index in [0.29, 0.717) is 35.2 Å². The number of aryl methyl sites for hydroxylation is 1. The van der Waals surface area contributed by atoms with E-state index >= 15 is 0 Å². The molecule has 1 aliphatic heterocycles. The fourth-order valence-electron chi connectivity index (χ4n) is 2.71. The van der Waals surface area contributed by atoms with Gasteiger partial charge in [-0.15, -0.1) is 10.2 Å². The maximum Gasteiger partial charge on any atom is 0.257 e. The molecule has 7 heteroatoms. The summed E-state index contributed by atoms with van der Waals surface area (Å²) in [7, 11) is 0. The molecule has 0 spiro atoms. The SMILES string of the molecule is Cc1ccccc1CNc1ccc(NC(=O)c2ccc3c(c2)OCO3)nn1. The van der Waals surface area contributed by atoms with E-state index in [1.54, 1.807) is 30.3 Å². The zero-order chi connectivity index (χ0) is 18.6. The van der Waals surface area contributed by atoms with Crippen molar-refractivity contribution < 1.29 is 14.3 Å². The largest absolute Gasteiger partial charge is 0.454 e. The molecule has 0 atom stereocenters. The number of ether oxygens (including phenoxy) is 2. The number of carbonyl (C=O) groups is 1. The van der Waals surface area contributed by atoms with Crippen LogP contribution < -0.4 is 20.1 Å². The van der Waals surface area contributed by atoms with E-state index in [-0.39, 0.29) is 12.7 Å². The number of benzene rings is 2. The number of nitrogens with one attached hydrogen (secondary N) is 2. The summed E-state index contributed by atoms with van der Waals surface area (Å²) in [6.45, 7) is 2.89. The van der Waals surface area contributed by atoms with Gasteiger partial charge < -0.3 is 20.1 Å². The van der Waals surface area contributed by atoms with Gasteiger partial charge in [-0.1, -0.05) is 24.3 Å². The van der Waals surface area contributed by atoms with Gasteiger partial charge in [-0.05, 0) is 48.4 Å². The van der Waals surface area contributed by atoms with Crippen molar-refractivity contribution in [1.29, 1.82) is 0 Å². The number of fused-ring (bicyclic) bond motifs is 1. The molecule has 27 heavy (non-hydrogen) atoms. The Hall–Kier alpha value is -3.61. The maximum absolute atomic E-state index is 12.4. The average molecular weight is 362 g/mol. The van der Waals surface area contributed by atoms with Crippen molar-refractivity contribution in [2.45, 2.75) is 13.5 Å². The Kier molecular flexibility index (Phi) is 4.57. The molecule has 0 radical (unpaired) electrons. The molecule has 0 fully saturated rings. The molecular weight excluding hydrogens is 344 g/mol. The fraction of sp³-hybridized carbons (Fsp3) is 0.150. The van der Waals surface area contributed by atoms with Crippen molar-refractivity contribution in [3.63, 3.8) is 0 Å². The first kappa shape index (κ1) is 16.8. The van der Waals surface area contributed by atoms with Gasteiger partial charge in [0.15, 0.2) is 17.3 Å². The van der Waals surface area contributed by atoms with E-state index in [2.05, 4.69) is 39.9 Å². The first-order valence-electron chi connectivity index (χ1n) is 8.52. The summed E-state index contributed by atoms with van der Waals surface area (Å²) in [5.41, 5.74) is 2.87. The first-order chi connectivity index (χ1) is 13.2. The second-order valence-corrected chi connectivity index (χ2v) is 6.11. The first-order valence-corrected chi connectivity index (χ1v) is 8.52. The van der Waals surface area contributed by atoms with Gasteiger partial charge in [0.2, 0.25) is 6.79 Å². The number of rotatable bonds is 5. The molecule has 0 bridgehead atoms. The van der Waals surface area contributed by atoms with Crippen LogP contribution in [0.2, 0.25) is 0 Å². The van der Waals surface area contributed by atoms with Crippen molar-refractivity contribution in [2.24, 2.45) is 0 Å². The number of hydrogen-bond donors (Lipinski definition) is 2. The Bertz CT molecular complexity index is 973. The summed E-state index contributed by atoms with van der Waals surface area (Å²) >= 11 is 0. The molecular formula is C20H18N4O3. The number of anilines is 2. The zero-order valence-electron chi connectivity index (χ0n) is 14.7. The van der Waals surface area contributed by atoms with Crippen molar-refractivity contribution in [3.05, 3.63) is 71.3 Å². The summed E-state index contributed by atoms with van der Waals surface area (Å²) < 4.78 is 10.5. The minimum atomic E-state index is -0.289. The van der Waals surface area contributed by atoms with E-state index in [1.165, 1.54) is 11.1 Å². The fourth-order valence-corrected chi connectivity index (χ4v) is 2.71. The second kappa shape index (κ2) is 7.33. The van der Waals surface area contributed by atoms with Gasteiger partial charge in [0, 0.05) is 12.1 Å². The third-order valence-electron chi connectivity index (χ3n) is 4.26. The molecule has 0 saturated heterocycles. The van der Waals surface area contributed by atoms with Crippen LogP contribution in [-0.2, 0) is 6.54 Å². The van der Waals surface area contributed by atoms with Crippen LogP contribution >= 0.6 is 0 Å². The molecule has 2 N–H and O–H groups in total. The van der Waals surface area contributed by atoms with Gasteiger partial charge in [-0.3, -0.25) is 4.79 Å². The Labute approximate surface area is 156 Å². The van der Waals surface area contributed by atoms with Gasteiger partial charge in [-0.25, -0.2) is 0 Å². The van der Waals surface area contributed by atoms with Crippen LogP contribution in [0.15, 0.2) is 54.6 Å². The van der Waals surface area contributed by atoms with Gasteiger partial charge in [0.05, 0.1) is 0 Å². The number of amides is 1. The molecule has 4 rings (SSSR count). The average Bonchev–Trinajstić information content (AvgIpc) is 3.16. The number of aromatic nitrogens is 2. The Morgan fingerprint density at radius 2 is 1.78 bits per heavy atom. The number of hydrogen-bond acceptors (Lipinski definition) is 6. The lowest BCUT2D eigenvalue weighted by molar-refractivity contribution is 0.102. The van der Waals surface area contributed by atoms with E-state index in [1.807, 2.05) is 12.1 Å². The molecule has 136 valence electrons. The molecule has 2 heterocycles. The van der Waals surface area contributed by atoms with Crippen LogP contribution in [0, 0.1) is 6.92 Å². The molecule has 7 nitrogen and oxygen atoms in total. The number of nitrogens with zero attached hydrogens (tertiary/aromatic N) is 2. The summed E-state index contributed by atoms with van der Waals surface area (Å²) in [6, 6.07) is 16.7. The molecule has 2 aromatic carbocycles. The molecule has 3 aromatic rings. The minimum absolute atomic E-state index is 0.169. The third-order valence-corrected chi connectivity index (χ3v) is 4.26. The molecule has 0 aliphatic carbocycles. The summed E-state index contributed by atoms with van der Waals surface area (Å²) in [4.78, 5) is 12.4. The smallest absolute Gasteiger partial charge is 0.257 e. The summed E-state index contributed by atoms with van der Waals surface area (Å²) in [5.74, 6) is 1.92. The highest BCUT2D eigenvalue weighted by atomic mass is 16.7. The topological polar surface area (TPSA) is 85.4 Å². The Morgan fingerprint density at radius 1 is 1.00 bits per heavy atom.